The second-order valence-electron chi connectivity index (χ2n) is 6.89. The fraction of sp³-hybridized carbons (Fsp3) is 0.350. The molecule has 1 aliphatic carbocycles. The summed E-state index contributed by atoms with van der Waals surface area (Å²) in [7, 11) is 0. The fourth-order valence-corrected chi connectivity index (χ4v) is 3.74. The topological polar surface area (TPSA) is 70.8 Å². The van der Waals surface area contributed by atoms with Gasteiger partial charge in [0.25, 0.3) is 11.8 Å². The molecule has 2 aromatic rings. The molecule has 2 aliphatic rings. The van der Waals surface area contributed by atoms with Crippen LogP contribution in [-0.4, -0.2) is 40.1 Å². The van der Waals surface area contributed by atoms with Crippen molar-refractivity contribution >= 4 is 33.7 Å². The van der Waals surface area contributed by atoms with Crippen LogP contribution in [0.5, 0.6) is 0 Å². The number of halogens is 1. The SMILES string of the molecule is O=C1c2ccc(Br)cc2C(=O)N1CCCC(=O)N(Cc1ccco1)C1CC1. The van der Waals surface area contributed by atoms with Gasteiger partial charge < -0.3 is 9.32 Å². The van der Waals surface area contributed by atoms with E-state index in [4.69, 9.17) is 4.42 Å². The number of amides is 3. The quantitative estimate of drug-likeness (QED) is 0.628. The first-order valence-electron chi connectivity index (χ1n) is 9.02. The van der Waals surface area contributed by atoms with Crippen molar-refractivity contribution in [2.45, 2.75) is 38.3 Å². The summed E-state index contributed by atoms with van der Waals surface area (Å²) >= 11 is 3.32. The maximum atomic E-state index is 12.6. The summed E-state index contributed by atoms with van der Waals surface area (Å²) in [5, 5.41) is 0. The number of hydrogen-bond donors (Lipinski definition) is 0. The molecule has 0 saturated heterocycles. The highest BCUT2D eigenvalue weighted by molar-refractivity contribution is 9.10. The molecular weight excluding hydrogens is 412 g/mol. The molecule has 0 radical (unpaired) electrons. The van der Waals surface area contributed by atoms with Gasteiger partial charge in [-0.1, -0.05) is 15.9 Å². The van der Waals surface area contributed by atoms with E-state index in [0.717, 1.165) is 23.1 Å². The van der Waals surface area contributed by atoms with Crippen LogP contribution >= 0.6 is 15.9 Å². The number of rotatable bonds is 7. The second kappa shape index (κ2) is 7.31. The molecule has 7 heteroatoms. The molecule has 27 heavy (non-hydrogen) atoms. The zero-order chi connectivity index (χ0) is 19.0. The Balaban J connectivity index is 1.34. The van der Waals surface area contributed by atoms with Gasteiger partial charge in [-0.2, -0.15) is 0 Å². The van der Waals surface area contributed by atoms with Gasteiger partial charge >= 0.3 is 0 Å². The predicted molar refractivity (Wildman–Crippen MR) is 101 cm³/mol. The number of carbonyl (C=O) groups is 3. The minimum Gasteiger partial charge on any atom is -0.467 e. The molecule has 0 spiro atoms. The Bertz CT molecular complexity index is 889. The van der Waals surface area contributed by atoms with E-state index in [1.165, 1.54) is 4.90 Å². The van der Waals surface area contributed by atoms with E-state index < -0.39 is 0 Å². The van der Waals surface area contributed by atoms with E-state index in [9.17, 15) is 14.4 Å². The average molecular weight is 431 g/mol. The van der Waals surface area contributed by atoms with Crippen LogP contribution < -0.4 is 0 Å². The number of benzene rings is 1. The van der Waals surface area contributed by atoms with E-state index in [2.05, 4.69) is 15.9 Å². The zero-order valence-electron chi connectivity index (χ0n) is 14.7. The maximum absolute atomic E-state index is 12.6. The van der Waals surface area contributed by atoms with Gasteiger partial charge in [0.1, 0.15) is 5.76 Å². The molecule has 2 heterocycles. The van der Waals surface area contributed by atoms with Crippen LogP contribution in [0.15, 0.2) is 45.5 Å². The van der Waals surface area contributed by atoms with Crippen LogP contribution in [0, 0.1) is 0 Å². The lowest BCUT2D eigenvalue weighted by Gasteiger charge is -2.22. The number of furan rings is 1. The first kappa shape index (κ1) is 18.0. The van der Waals surface area contributed by atoms with E-state index in [0.29, 0.717) is 30.5 Å². The second-order valence-corrected chi connectivity index (χ2v) is 7.80. The summed E-state index contributed by atoms with van der Waals surface area (Å²) in [5.41, 5.74) is 0.838. The monoisotopic (exact) mass is 430 g/mol. The number of fused-ring (bicyclic) bond motifs is 1. The Labute approximate surface area is 165 Å². The predicted octanol–water partition coefficient (Wildman–Crippen LogP) is 3.61. The van der Waals surface area contributed by atoms with Crippen molar-refractivity contribution in [3.63, 3.8) is 0 Å². The lowest BCUT2D eigenvalue weighted by atomic mass is 10.1. The van der Waals surface area contributed by atoms with Crippen molar-refractivity contribution in [2.24, 2.45) is 0 Å². The first-order chi connectivity index (χ1) is 13.0. The molecule has 6 nitrogen and oxygen atoms in total. The van der Waals surface area contributed by atoms with Crippen LogP contribution in [0.25, 0.3) is 0 Å². The zero-order valence-corrected chi connectivity index (χ0v) is 16.3. The van der Waals surface area contributed by atoms with Gasteiger partial charge in [0.15, 0.2) is 0 Å². The summed E-state index contributed by atoms with van der Waals surface area (Å²) in [6.45, 7) is 0.715. The number of hydrogen-bond acceptors (Lipinski definition) is 4. The lowest BCUT2D eigenvalue weighted by molar-refractivity contribution is -0.132. The van der Waals surface area contributed by atoms with E-state index >= 15 is 0 Å². The van der Waals surface area contributed by atoms with Crippen LogP contribution in [0.4, 0.5) is 0 Å². The van der Waals surface area contributed by atoms with Crippen molar-refractivity contribution in [1.82, 2.24) is 9.80 Å². The molecule has 1 aliphatic heterocycles. The third-order valence-electron chi connectivity index (χ3n) is 4.92. The summed E-state index contributed by atoms with van der Waals surface area (Å²) in [6.07, 6.45) is 4.38. The van der Waals surface area contributed by atoms with Gasteiger partial charge in [0.2, 0.25) is 5.91 Å². The Hall–Kier alpha value is -2.41. The van der Waals surface area contributed by atoms with Crippen LogP contribution in [0.1, 0.15) is 52.2 Å². The van der Waals surface area contributed by atoms with Crippen LogP contribution in [0.2, 0.25) is 0 Å². The number of nitrogens with zero attached hydrogens (tertiary/aromatic N) is 2. The number of imide groups is 1. The summed E-state index contributed by atoms with van der Waals surface area (Å²) in [5.74, 6) is 0.220. The van der Waals surface area contributed by atoms with Gasteiger partial charge in [-0.3, -0.25) is 19.3 Å². The third-order valence-corrected chi connectivity index (χ3v) is 5.41. The molecule has 1 aromatic carbocycles. The molecule has 1 aromatic heterocycles. The van der Waals surface area contributed by atoms with E-state index in [1.54, 1.807) is 24.5 Å². The van der Waals surface area contributed by atoms with Crippen molar-refractivity contribution in [1.29, 1.82) is 0 Å². The Morgan fingerprint density at radius 3 is 2.67 bits per heavy atom. The minimum absolute atomic E-state index is 0.0354. The van der Waals surface area contributed by atoms with E-state index in [-0.39, 0.29) is 30.3 Å². The molecule has 0 unspecified atom stereocenters. The van der Waals surface area contributed by atoms with Crippen LogP contribution in [0.3, 0.4) is 0 Å². The van der Waals surface area contributed by atoms with Gasteiger partial charge in [-0.05, 0) is 49.6 Å². The molecule has 1 fully saturated rings. The normalized spacial score (nSPS) is 16.0. The summed E-state index contributed by atoms with van der Waals surface area (Å²) in [6, 6.07) is 9.02. The Morgan fingerprint density at radius 1 is 1.19 bits per heavy atom. The fourth-order valence-electron chi connectivity index (χ4n) is 3.38. The highest BCUT2D eigenvalue weighted by Crippen LogP contribution is 2.30. The van der Waals surface area contributed by atoms with Gasteiger partial charge in [-0.15, -0.1) is 0 Å². The van der Waals surface area contributed by atoms with Gasteiger partial charge in [-0.25, -0.2) is 0 Å². The largest absolute Gasteiger partial charge is 0.467 e. The van der Waals surface area contributed by atoms with E-state index in [1.807, 2.05) is 17.0 Å². The smallest absolute Gasteiger partial charge is 0.261 e. The van der Waals surface area contributed by atoms with Crippen molar-refractivity contribution in [3.05, 3.63) is 58.0 Å². The first-order valence-corrected chi connectivity index (χ1v) is 9.81. The number of carbonyl (C=O) groups excluding carboxylic acids is 3. The molecule has 3 amide bonds. The molecule has 0 atom stereocenters. The molecular formula is C20H19BrN2O4. The average Bonchev–Trinajstić information content (AvgIpc) is 3.31. The highest BCUT2D eigenvalue weighted by atomic mass is 79.9. The molecule has 0 N–H and O–H groups in total. The molecule has 140 valence electrons. The van der Waals surface area contributed by atoms with Crippen molar-refractivity contribution in [3.8, 4) is 0 Å². The molecule has 0 bridgehead atoms. The van der Waals surface area contributed by atoms with Crippen molar-refractivity contribution in [2.75, 3.05) is 6.54 Å². The minimum atomic E-state index is -0.293. The van der Waals surface area contributed by atoms with Gasteiger partial charge in [0, 0.05) is 23.5 Å². The molecule has 4 rings (SSSR count). The standard InChI is InChI=1S/C20H19BrN2O4/c21-13-5-8-16-17(11-13)20(26)22(19(16)25)9-1-4-18(24)23(14-6-7-14)12-15-3-2-10-27-15/h2-3,5,8,10-11,14H,1,4,6-7,9,12H2. The van der Waals surface area contributed by atoms with Gasteiger partial charge in [0.05, 0.1) is 23.9 Å². The lowest BCUT2D eigenvalue weighted by Crippen LogP contribution is -2.34. The molecule has 1 saturated carbocycles. The van der Waals surface area contributed by atoms with Crippen LogP contribution in [-0.2, 0) is 11.3 Å². The maximum Gasteiger partial charge on any atom is 0.261 e. The summed E-state index contributed by atoms with van der Waals surface area (Å²) in [4.78, 5) is 40.6. The highest BCUT2D eigenvalue weighted by Gasteiger charge is 2.36. The Morgan fingerprint density at radius 2 is 1.96 bits per heavy atom. The Kier molecular flexibility index (Phi) is 4.86. The third kappa shape index (κ3) is 3.69. The van der Waals surface area contributed by atoms with Crippen molar-refractivity contribution < 1.29 is 18.8 Å². The summed E-state index contributed by atoms with van der Waals surface area (Å²) < 4.78 is 6.12.